The average Bonchev–Trinajstić information content (AvgIpc) is 3.30. The molecule has 4 heteroatoms. The van der Waals surface area contributed by atoms with Crippen LogP contribution in [0.5, 0.6) is 0 Å². The van der Waals surface area contributed by atoms with Crippen molar-refractivity contribution in [3.8, 4) is 0 Å². The van der Waals surface area contributed by atoms with E-state index in [1.807, 2.05) is 0 Å². The second-order valence-corrected chi connectivity index (χ2v) is 13.1. The monoisotopic (exact) mass is 416 g/mol. The minimum atomic E-state index is -0.351. The van der Waals surface area contributed by atoms with Crippen LogP contribution in [-0.4, -0.2) is 24.1 Å². The summed E-state index contributed by atoms with van der Waals surface area (Å²) in [5.74, 6) is 4.09. The third-order valence-electron chi connectivity index (χ3n) is 9.82. The Balaban J connectivity index is 1.35. The van der Waals surface area contributed by atoms with Gasteiger partial charge in [0.25, 0.3) is 0 Å². The van der Waals surface area contributed by atoms with E-state index in [9.17, 15) is 9.59 Å². The molecule has 0 aromatic carbocycles. The average molecular weight is 417 g/mol. The van der Waals surface area contributed by atoms with Crippen LogP contribution in [0, 0.1) is 58.2 Å². The largest absolute Gasteiger partial charge is 0.465 e. The molecule has 5 rings (SSSR count). The lowest BCUT2D eigenvalue weighted by Gasteiger charge is -2.42. The fourth-order valence-corrected chi connectivity index (χ4v) is 9.44. The minimum absolute atomic E-state index is 0.00901. The lowest BCUT2D eigenvalue weighted by atomic mass is 9.62. The van der Waals surface area contributed by atoms with Crippen molar-refractivity contribution in [3.63, 3.8) is 0 Å². The number of hydrogen-bond acceptors (Lipinski definition) is 4. The number of carbonyl (C=O) groups is 2. The normalized spacial score (nSPS) is 47.6. The maximum Gasteiger partial charge on any atom is 0.312 e. The summed E-state index contributed by atoms with van der Waals surface area (Å²) >= 11 is 0. The summed E-state index contributed by atoms with van der Waals surface area (Å²) < 4.78 is 11.8. The molecule has 30 heavy (non-hydrogen) atoms. The summed E-state index contributed by atoms with van der Waals surface area (Å²) in [7, 11) is 0. The van der Waals surface area contributed by atoms with Crippen molar-refractivity contribution in [1.29, 1.82) is 0 Å². The number of hydrogen-bond donors (Lipinski definition) is 0. The van der Waals surface area contributed by atoms with Gasteiger partial charge in [-0.1, -0.05) is 34.6 Å². The Labute approximate surface area is 181 Å². The van der Waals surface area contributed by atoms with Gasteiger partial charge >= 0.3 is 11.9 Å². The van der Waals surface area contributed by atoms with Gasteiger partial charge in [0.05, 0.1) is 17.9 Å². The maximum absolute atomic E-state index is 13.3. The molecule has 1 spiro atoms. The number of esters is 2. The van der Waals surface area contributed by atoms with E-state index in [4.69, 9.17) is 9.47 Å². The first-order valence-electron chi connectivity index (χ1n) is 12.4. The maximum atomic E-state index is 13.3. The lowest BCUT2D eigenvalue weighted by Crippen LogP contribution is -2.44. The highest BCUT2D eigenvalue weighted by Crippen LogP contribution is 2.73. The number of cyclic esters (lactones) is 1. The van der Waals surface area contributed by atoms with Crippen LogP contribution in [0.4, 0.5) is 0 Å². The van der Waals surface area contributed by atoms with Crippen LogP contribution in [0.15, 0.2) is 0 Å². The van der Waals surface area contributed by atoms with Gasteiger partial charge in [-0.15, -0.1) is 0 Å². The summed E-state index contributed by atoms with van der Waals surface area (Å²) in [6.07, 6.45) is 6.46. The Morgan fingerprint density at radius 1 is 1.07 bits per heavy atom. The third-order valence-corrected chi connectivity index (χ3v) is 9.82. The Bertz CT molecular complexity index is 751. The van der Waals surface area contributed by atoms with E-state index in [-0.39, 0.29) is 40.2 Å². The second-order valence-electron chi connectivity index (χ2n) is 13.1. The number of carbonyl (C=O) groups excluding carboxylic acids is 2. The van der Waals surface area contributed by atoms with Crippen LogP contribution < -0.4 is 0 Å². The van der Waals surface area contributed by atoms with Crippen molar-refractivity contribution in [2.75, 3.05) is 6.61 Å². The predicted octanol–water partition coefficient (Wildman–Crippen LogP) is 5.24. The summed E-state index contributed by atoms with van der Waals surface area (Å²) in [4.78, 5) is 26.0. The molecule has 5 aliphatic rings. The molecule has 4 aliphatic carbocycles. The Kier molecular flexibility index (Phi) is 4.50. The molecular formula is C26H40O4. The third kappa shape index (κ3) is 2.84. The van der Waals surface area contributed by atoms with Crippen molar-refractivity contribution >= 4 is 11.9 Å². The van der Waals surface area contributed by atoms with Gasteiger partial charge in [-0.3, -0.25) is 9.59 Å². The van der Waals surface area contributed by atoms with Gasteiger partial charge in [-0.05, 0) is 92.3 Å². The van der Waals surface area contributed by atoms with Crippen LogP contribution in [0.25, 0.3) is 0 Å². The van der Waals surface area contributed by atoms with Crippen molar-refractivity contribution in [2.45, 2.75) is 85.7 Å². The number of rotatable bonds is 3. The molecule has 9 unspecified atom stereocenters. The molecule has 0 N–H and O–H groups in total. The summed E-state index contributed by atoms with van der Waals surface area (Å²) in [5, 5.41) is 0. The molecule has 1 saturated heterocycles. The molecule has 4 nitrogen and oxygen atoms in total. The van der Waals surface area contributed by atoms with Gasteiger partial charge in [-0.25, -0.2) is 0 Å². The summed E-state index contributed by atoms with van der Waals surface area (Å²) in [5.41, 5.74) is -0.623. The zero-order chi connectivity index (χ0) is 21.6. The molecule has 0 aromatic heterocycles. The van der Waals surface area contributed by atoms with Crippen LogP contribution in [-0.2, 0) is 19.1 Å². The summed E-state index contributed by atoms with van der Waals surface area (Å²) in [6, 6.07) is 0. The van der Waals surface area contributed by atoms with Gasteiger partial charge in [0.1, 0.15) is 5.60 Å². The molecule has 0 aromatic rings. The minimum Gasteiger partial charge on any atom is -0.465 e. The van der Waals surface area contributed by atoms with Crippen molar-refractivity contribution < 1.29 is 19.1 Å². The molecule has 1 heterocycles. The Morgan fingerprint density at radius 3 is 2.27 bits per heavy atom. The zero-order valence-corrected chi connectivity index (χ0v) is 19.7. The van der Waals surface area contributed by atoms with E-state index in [2.05, 4.69) is 41.5 Å². The number of ether oxygens (including phenoxy) is 2. The van der Waals surface area contributed by atoms with Gasteiger partial charge < -0.3 is 9.47 Å². The Hall–Kier alpha value is -1.06. The van der Waals surface area contributed by atoms with E-state index >= 15 is 0 Å². The first-order chi connectivity index (χ1) is 14.0. The van der Waals surface area contributed by atoms with E-state index in [0.717, 1.165) is 31.6 Å². The van der Waals surface area contributed by atoms with Crippen LogP contribution in [0.1, 0.15) is 80.1 Å². The second kappa shape index (κ2) is 6.48. The van der Waals surface area contributed by atoms with Gasteiger partial charge in [-0.2, -0.15) is 0 Å². The van der Waals surface area contributed by atoms with Gasteiger partial charge in [0.2, 0.25) is 0 Å². The highest BCUT2D eigenvalue weighted by Gasteiger charge is 2.71. The molecule has 4 bridgehead atoms. The first-order valence-corrected chi connectivity index (χ1v) is 12.4. The molecule has 4 saturated carbocycles. The number of fused-ring (bicyclic) bond motifs is 10. The molecule has 0 amide bonds. The first kappa shape index (κ1) is 20.8. The topological polar surface area (TPSA) is 52.6 Å². The molecule has 5 fully saturated rings. The van der Waals surface area contributed by atoms with Crippen molar-refractivity contribution in [2.24, 2.45) is 58.2 Å². The van der Waals surface area contributed by atoms with Crippen LogP contribution >= 0.6 is 0 Å². The van der Waals surface area contributed by atoms with E-state index < -0.39 is 0 Å². The fraction of sp³-hybridized carbons (Fsp3) is 0.923. The zero-order valence-electron chi connectivity index (χ0n) is 19.7. The van der Waals surface area contributed by atoms with Crippen molar-refractivity contribution in [1.82, 2.24) is 0 Å². The predicted molar refractivity (Wildman–Crippen MR) is 114 cm³/mol. The van der Waals surface area contributed by atoms with E-state index in [1.165, 1.54) is 12.8 Å². The van der Waals surface area contributed by atoms with Gasteiger partial charge in [0.15, 0.2) is 0 Å². The fourth-order valence-electron chi connectivity index (χ4n) is 9.44. The highest BCUT2D eigenvalue weighted by atomic mass is 16.6. The smallest absolute Gasteiger partial charge is 0.312 e. The summed E-state index contributed by atoms with van der Waals surface area (Å²) in [6.45, 7) is 13.5. The lowest BCUT2D eigenvalue weighted by molar-refractivity contribution is -0.175. The molecule has 0 radical (unpaired) electrons. The van der Waals surface area contributed by atoms with Crippen LogP contribution in [0.3, 0.4) is 0 Å². The SMILES string of the molecule is CC(C)C(C(=O)OC1(C)CC2CC(C1)C1C2C2CC1C1(CCOC1=O)C2)C(C)(C)C. The van der Waals surface area contributed by atoms with Gasteiger partial charge in [0, 0.05) is 0 Å². The molecule has 9 atom stereocenters. The standard InChI is InChI=1S/C26H40O4/c1-14(2)21(24(3,4)5)22(27)30-25(6)11-15-9-16(12-25)20-18-10-17(19(15)20)13-26(18)7-8-29-23(26)28/h14-21H,7-13H2,1-6H3. The highest BCUT2D eigenvalue weighted by molar-refractivity contribution is 5.80. The molecule has 168 valence electrons. The molecule has 1 aliphatic heterocycles. The van der Waals surface area contributed by atoms with E-state index in [0.29, 0.717) is 36.2 Å². The molecular weight excluding hydrogens is 376 g/mol. The van der Waals surface area contributed by atoms with Crippen molar-refractivity contribution in [3.05, 3.63) is 0 Å². The Morgan fingerprint density at radius 2 is 1.70 bits per heavy atom. The quantitative estimate of drug-likeness (QED) is 0.466. The van der Waals surface area contributed by atoms with Crippen LogP contribution in [0.2, 0.25) is 0 Å². The van der Waals surface area contributed by atoms with E-state index in [1.54, 1.807) is 0 Å².